The number of rotatable bonds is 5. The minimum absolute atomic E-state index is 0.266. The highest BCUT2D eigenvalue weighted by atomic mass is 32.2. The molecule has 0 aromatic heterocycles. The number of benzene rings is 1. The summed E-state index contributed by atoms with van der Waals surface area (Å²) >= 11 is 1.48. The molecule has 0 aliphatic rings. The fourth-order valence-electron chi connectivity index (χ4n) is 1.23. The minimum Gasteiger partial charge on any atom is -0.341 e. The van der Waals surface area contributed by atoms with Crippen molar-refractivity contribution in [3.63, 3.8) is 0 Å². The average Bonchev–Trinajstić information content (AvgIpc) is 2.34. The molecule has 4 nitrogen and oxygen atoms in total. The topological polar surface area (TPSA) is 58.2 Å². The number of hydrogen-bond acceptors (Lipinski definition) is 3. The number of nitrogens with one attached hydrogen (secondary N) is 2. The van der Waals surface area contributed by atoms with Crippen LogP contribution in [-0.4, -0.2) is 24.7 Å². The van der Waals surface area contributed by atoms with Gasteiger partial charge >= 0.3 is 6.03 Å². The van der Waals surface area contributed by atoms with E-state index in [-0.39, 0.29) is 18.1 Å². The first kappa shape index (κ1) is 14.5. The molecule has 18 heavy (non-hydrogen) atoms. The van der Waals surface area contributed by atoms with Crippen molar-refractivity contribution in [3.05, 3.63) is 30.1 Å². The molecule has 0 unspecified atom stereocenters. The van der Waals surface area contributed by atoms with Gasteiger partial charge in [-0.1, -0.05) is 6.07 Å². The number of carbonyl (C=O) groups is 2. The molecule has 1 rings (SSSR count). The molecule has 98 valence electrons. The van der Waals surface area contributed by atoms with Gasteiger partial charge in [-0.05, 0) is 30.4 Å². The van der Waals surface area contributed by atoms with E-state index in [2.05, 4.69) is 10.6 Å². The van der Waals surface area contributed by atoms with E-state index >= 15 is 0 Å². The number of thioether (sulfide) groups is 1. The Morgan fingerprint density at radius 1 is 1.39 bits per heavy atom. The van der Waals surface area contributed by atoms with Gasteiger partial charge in [-0.2, -0.15) is 0 Å². The lowest BCUT2D eigenvalue weighted by molar-refractivity contribution is -0.120. The van der Waals surface area contributed by atoms with Crippen LogP contribution < -0.4 is 10.6 Å². The fraction of sp³-hybridized carbons (Fsp3) is 0.333. The van der Waals surface area contributed by atoms with Gasteiger partial charge < -0.3 is 5.32 Å². The lowest BCUT2D eigenvalue weighted by atomic mass is 10.3. The Balaban J connectivity index is 2.19. The lowest BCUT2D eigenvalue weighted by Gasteiger charge is -2.03. The maximum Gasteiger partial charge on any atom is 0.321 e. The molecule has 0 radical (unpaired) electrons. The largest absolute Gasteiger partial charge is 0.341 e. The molecule has 1 aromatic rings. The van der Waals surface area contributed by atoms with Crippen LogP contribution in [0, 0.1) is 5.82 Å². The molecular formula is C12H15FN2O2S. The summed E-state index contributed by atoms with van der Waals surface area (Å²) in [7, 11) is 1.45. The fourth-order valence-corrected chi connectivity index (χ4v) is 2.13. The Hall–Kier alpha value is -1.56. The Bertz CT molecular complexity index is 426. The number of urea groups is 1. The van der Waals surface area contributed by atoms with Gasteiger partial charge in [0.2, 0.25) is 5.91 Å². The van der Waals surface area contributed by atoms with Gasteiger partial charge in [0.05, 0.1) is 0 Å². The van der Waals surface area contributed by atoms with E-state index in [4.69, 9.17) is 0 Å². The molecule has 0 atom stereocenters. The Morgan fingerprint density at radius 3 is 2.83 bits per heavy atom. The third-order valence-electron chi connectivity index (χ3n) is 2.09. The zero-order valence-corrected chi connectivity index (χ0v) is 10.8. The van der Waals surface area contributed by atoms with E-state index in [1.165, 1.54) is 30.9 Å². The number of carbonyl (C=O) groups excluding carboxylic acids is 2. The van der Waals surface area contributed by atoms with Crippen LogP contribution in [0.25, 0.3) is 0 Å². The molecular weight excluding hydrogens is 255 g/mol. The maximum atomic E-state index is 12.9. The SMILES string of the molecule is CNC(=O)NC(=O)CCCSc1cccc(F)c1. The number of hydrogen-bond donors (Lipinski definition) is 2. The summed E-state index contributed by atoms with van der Waals surface area (Å²) in [5, 5.41) is 4.48. The van der Waals surface area contributed by atoms with Crippen molar-refractivity contribution in [2.75, 3.05) is 12.8 Å². The molecule has 6 heteroatoms. The van der Waals surface area contributed by atoms with Crippen molar-refractivity contribution in [2.45, 2.75) is 17.7 Å². The number of imide groups is 1. The summed E-state index contributed by atoms with van der Waals surface area (Å²) in [5.41, 5.74) is 0. The van der Waals surface area contributed by atoms with Crippen LogP contribution in [-0.2, 0) is 4.79 Å². The summed E-state index contributed by atoms with van der Waals surface area (Å²) in [6.45, 7) is 0. The number of amides is 3. The molecule has 1 aromatic carbocycles. The second kappa shape index (κ2) is 7.71. The van der Waals surface area contributed by atoms with Crippen LogP contribution in [0.5, 0.6) is 0 Å². The van der Waals surface area contributed by atoms with Gasteiger partial charge in [-0.3, -0.25) is 10.1 Å². The van der Waals surface area contributed by atoms with Crippen LogP contribution in [0.15, 0.2) is 29.2 Å². The molecule has 0 spiro atoms. The first-order chi connectivity index (χ1) is 8.61. The van der Waals surface area contributed by atoms with E-state index in [1.807, 2.05) is 6.07 Å². The van der Waals surface area contributed by atoms with Crippen LogP contribution in [0.1, 0.15) is 12.8 Å². The summed E-state index contributed by atoms with van der Waals surface area (Å²) in [4.78, 5) is 22.9. The molecule has 0 bridgehead atoms. The predicted molar refractivity (Wildman–Crippen MR) is 69.0 cm³/mol. The van der Waals surface area contributed by atoms with Gasteiger partial charge in [0.15, 0.2) is 0 Å². The molecule has 0 heterocycles. The molecule has 0 saturated carbocycles. The summed E-state index contributed by atoms with van der Waals surface area (Å²) < 4.78 is 12.9. The van der Waals surface area contributed by atoms with Crippen molar-refractivity contribution in [2.24, 2.45) is 0 Å². The van der Waals surface area contributed by atoms with Crippen molar-refractivity contribution < 1.29 is 14.0 Å². The zero-order valence-electron chi connectivity index (χ0n) is 10.0. The standard InChI is InChI=1S/C12H15FN2O2S/c1-14-12(17)15-11(16)6-3-7-18-10-5-2-4-9(13)8-10/h2,4-5,8H,3,6-7H2,1H3,(H2,14,15,16,17). The van der Waals surface area contributed by atoms with Crippen LogP contribution in [0.3, 0.4) is 0 Å². The van der Waals surface area contributed by atoms with Crippen molar-refractivity contribution >= 4 is 23.7 Å². The Morgan fingerprint density at radius 2 is 2.17 bits per heavy atom. The molecule has 2 N–H and O–H groups in total. The highest BCUT2D eigenvalue weighted by molar-refractivity contribution is 7.99. The van der Waals surface area contributed by atoms with E-state index in [0.717, 1.165) is 4.90 Å². The van der Waals surface area contributed by atoms with E-state index in [9.17, 15) is 14.0 Å². The smallest absolute Gasteiger partial charge is 0.321 e. The third kappa shape index (κ3) is 5.67. The van der Waals surface area contributed by atoms with E-state index < -0.39 is 6.03 Å². The second-order valence-corrected chi connectivity index (χ2v) is 4.71. The average molecular weight is 270 g/mol. The highest BCUT2D eigenvalue weighted by Crippen LogP contribution is 2.19. The first-order valence-corrected chi connectivity index (χ1v) is 6.50. The van der Waals surface area contributed by atoms with Crippen molar-refractivity contribution in [1.29, 1.82) is 0 Å². The van der Waals surface area contributed by atoms with Crippen molar-refractivity contribution in [1.82, 2.24) is 10.6 Å². The molecule has 0 fully saturated rings. The second-order valence-electron chi connectivity index (χ2n) is 3.54. The summed E-state index contributed by atoms with van der Waals surface area (Å²) in [5.74, 6) is 0.122. The Labute approximate surface area is 109 Å². The summed E-state index contributed by atoms with van der Waals surface area (Å²) in [6.07, 6.45) is 0.903. The molecule has 3 amide bonds. The van der Waals surface area contributed by atoms with Gasteiger partial charge in [-0.25, -0.2) is 9.18 Å². The quantitative estimate of drug-likeness (QED) is 0.636. The molecule has 0 aliphatic carbocycles. The lowest BCUT2D eigenvalue weighted by Crippen LogP contribution is -2.37. The van der Waals surface area contributed by atoms with Crippen LogP contribution >= 0.6 is 11.8 Å². The Kier molecular flexibility index (Phi) is 6.21. The van der Waals surface area contributed by atoms with Crippen LogP contribution in [0.4, 0.5) is 9.18 Å². The third-order valence-corrected chi connectivity index (χ3v) is 3.17. The van der Waals surface area contributed by atoms with Gasteiger partial charge in [0.25, 0.3) is 0 Å². The summed E-state index contributed by atoms with van der Waals surface area (Å²) in [6, 6.07) is 5.81. The first-order valence-electron chi connectivity index (χ1n) is 5.51. The van der Waals surface area contributed by atoms with Gasteiger partial charge in [0, 0.05) is 18.4 Å². The normalized spacial score (nSPS) is 9.89. The molecule has 0 saturated heterocycles. The molecule has 0 aliphatic heterocycles. The van der Waals surface area contributed by atoms with Gasteiger partial charge in [-0.15, -0.1) is 11.8 Å². The van der Waals surface area contributed by atoms with E-state index in [1.54, 1.807) is 6.07 Å². The predicted octanol–water partition coefficient (Wildman–Crippen LogP) is 2.15. The highest BCUT2D eigenvalue weighted by Gasteiger charge is 2.05. The van der Waals surface area contributed by atoms with Crippen molar-refractivity contribution in [3.8, 4) is 0 Å². The van der Waals surface area contributed by atoms with Crippen LogP contribution in [0.2, 0.25) is 0 Å². The van der Waals surface area contributed by atoms with E-state index in [0.29, 0.717) is 12.2 Å². The monoisotopic (exact) mass is 270 g/mol. The number of halogens is 1. The minimum atomic E-state index is -0.502. The maximum absolute atomic E-state index is 12.9. The zero-order chi connectivity index (χ0) is 13.4. The van der Waals surface area contributed by atoms with Gasteiger partial charge in [0.1, 0.15) is 5.82 Å².